The van der Waals surface area contributed by atoms with Crippen LogP contribution in [0, 0.1) is 6.92 Å². The fourth-order valence-electron chi connectivity index (χ4n) is 1.65. The third-order valence-electron chi connectivity index (χ3n) is 2.56. The van der Waals surface area contributed by atoms with E-state index in [2.05, 4.69) is 21.2 Å². The monoisotopic (exact) mass is 357 g/mol. The van der Waals surface area contributed by atoms with Gasteiger partial charge in [0.25, 0.3) is 5.91 Å². The Hall–Kier alpha value is -1.03. The number of carbonyl (C=O) groups excluding carboxylic acids is 1. The van der Waals surface area contributed by atoms with E-state index in [1.165, 1.54) is 0 Å². The van der Waals surface area contributed by atoms with Crippen molar-refractivity contribution < 1.29 is 4.79 Å². The Kier molecular flexibility index (Phi) is 4.50. The minimum absolute atomic E-state index is 0.214. The second kappa shape index (κ2) is 5.95. The number of aryl methyl sites for hydroxylation is 1. The minimum atomic E-state index is -0.214. The molecule has 0 unspecified atom stereocenters. The van der Waals surface area contributed by atoms with Crippen LogP contribution in [-0.2, 0) is 0 Å². The number of halogens is 3. The van der Waals surface area contributed by atoms with Crippen LogP contribution in [0.1, 0.15) is 15.9 Å². The average Bonchev–Trinajstić information content (AvgIpc) is 2.31. The summed E-state index contributed by atoms with van der Waals surface area (Å²) in [6.45, 7) is 1.93. The second-order valence-electron chi connectivity index (χ2n) is 4.05. The van der Waals surface area contributed by atoms with Gasteiger partial charge in [0.15, 0.2) is 0 Å². The van der Waals surface area contributed by atoms with Crippen LogP contribution in [0.15, 0.2) is 40.9 Å². The molecule has 2 aromatic carbocycles. The molecule has 0 atom stereocenters. The van der Waals surface area contributed by atoms with Gasteiger partial charge in [-0.25, -0.2) is 0 Å². The van der Waals surface area contributed by atoms with E-state index in [-0.39, 0.29) is 5.91 Å². The Morgan fingerprint density at radius 1 is 1.16 bits per heavy atom. The van der Waals surface area contributed by atoms with Gasteiger partial charge in [0, 0.05) is 20.2 Å². The van der Waals surface area contributed by atoms with Crippen LogP contribution in [0.25, 0.3) is 0 Å². The Morgan fingerprint density at radius 3 is 2.42 bits per heavy atom. The van der Waals surface area contributed by atoms with Crippen molar-refractivity contribution in [1.29, 1.82) is 0 Å². The Morgan fingerprint density at radius 2 is 1.79 bits per heavy atom. The molecular formula is C14H10BrCl2NO. The molecule has 0 bridgehead atoms. The molecular weight excluding hydrogens is 349 g/mol. The van der Waals surface area contributed by atoms with Crippen LogP contribution in [0.5, 0.6) is 0 Å². The molecule has 2 aromatic rings. The Balaban J connectivity index is 2.28. The van der Waals surface area contributed by atoms with Gasteiger partial charge >= 0.3 is 0 Å². The lowest BCUT2D eigenvalue weighted by atomic mass is 10.1. The van der Waals surface area contributed by atoms with E-state index in [0.717, 1.165) is 10.0 Å². The molecule has 0 saturated heterocycles. The zero-order valence-corrected chi connectivity index (χ0v) is 13.1. The molecule has 0 aromatic heterocycles. The van der Waals surface area contributed by atoms with Crippen LogP contribution in [0.3, 0.4) is 0 Å². The molecule has 0 spiro atoms. The normalized spacial score (nSPS) is 10.3. The molecule has 0 aliphatic rings. The third kappa shape index (κ3) is 3.50. The number of benzene rings is 2. The topological polar surface area (TPSA) is 29.1 Å². The van der Waals surface area contributed by atoms with Gasteiger partial charge in [-0.3, -0.25) is 4.79 Å². The summed E-state index contributed by atoms with van der Waals surface area (Å²) in [5.41, 5.74) is 2.13. The second-order valence-corrected chi connectivity index (χ2v) is 5.71. The van der Waals surface area contributed by atoms with Gasteiger partial charge in [0.05, 0.1) is 5.56 Å². The molecule has 0 aliphatic carbocycles. The molecule has 0 radical (unpaired) electrons. The summed E-state index contributed by atoms with van der Waals surface area (Å²) in [4.78, 5) is 12.2. The van der Waals surface area contributed by atoms with E-state index < -0.39 is 0 Å². The van der Waals surface area contributed by atoms with Crippen molar-refractivity contribution in [2.75, 3.05) is 5.32 Å². The first-order valence-electron chi connectivity index (χ1n) is 5.50. The third-order valence-corrected chi connectivity index (χ3v) is 4.05. The van der Waals surface area contributed by atoms with Gasteiger partial charge in [-0.15, -0.1) is 0 Å². The van der Waals surface area contributed by atoms with Crippen molar-refractivity contribution >= 4 is 50.7 Å². The maximum atomic E-state index is 12.2. The summed E-state index contributed by atoms with van der Waals surface area (Å²) in [6.07, 6.45) is 0. The quantitative estimate of drug-likeness (QED) is 0.773. The molecule has 1 amide bonds. The highest BCUT2D eigenvalue weighted by Gasteiger charge is 2.12. The lowest BCUT2D eigenvalue weighted by molar-refractivity contribution is 0.102. The SMILES string of the molecule is Cc1cccc(C(=O)Nc2cc(Cl)cc(Cl)c2)c1Br. The van der Waals surface area contributed by atoms with E-state index in [4.69, 9.17) is 23.2 Å². The summed E-state index contributed by atoms with van der Waals surface area (Å²) in [6, 6.07) is 10.4. The summed E-state index contributed by atoms with van der Waals surface area (Å²) in [5, 5.41) is 3.73. The van der Waals surface area contributed by atoms with Crippen molar-refractivity contribution in [1.82, 2.24) is 0 Å². The van der Waals surface area contributed by atoms with Gasteiger partial charge in [-0.2, -0.15) is 0 Å². The fourth-order valence-corrected chi connectivity index (χ4v) is 2.62. The lowest BCUT2D eigenvalue weighted by Gasteiger charge is -2.09. The first-order valence-corrected chi connectivity index (χ1v) is 7.05. The average molecular weight is 359 g/mol. The summed E-state index contributed by atoms with van der Waals surface area (Å²) in [7, 11) is 0. The molecule has 2 nitrogen and oxygen atoms in total. The van der Waals surface area contributed by atoms with Gasteiger partial charge < -0.3 is 5.32 Å². The number of nitrogens with one attached hydrogen (secondary N) is 1. The van der Waals surface area contributed by atoms with E-state index in [9.17, 15) is 4.79 Å². The van der Waals surface area contributed by atoms with Crippen molar-refractivity contribution in [2.24, 2.45) is 0 Å². The van der Waals surface area contributed by atoms with Crippen LogP contribution >= 0.6 is 39.1 Å². The maximum Gasteiger partial charge on any atom is 0.256 e. The van der Waals surface area contributed by atoms with Gasteiger partial charge in [-0.05, 0) is 52.7 Å². The number of amides is 1. The molecule has 0 aliphatic heterocycles. The van der Waals surface area contributed by atoms with E-state index in [1.54, 1.807) is 24.3 Å². The van der Waals surface area contributed by atoms with Crippen molar-refractivity contribution in [3.05, 3.63) is 62.0 Å². The van der Waals surface area contributed by atoms with E-state index in [0.29, 0.717) is 21.3 Å². The summed E-state index contributed by atoms with van der Waals surface area (Å²) in [5.74, 6) is -0.214. The Labute approximate surface area is 129 Å². The van der Waals surface area contributed by atoms with E-state index in [1.807, 2.05) is 19.1 Å². The van der Waals surface area contributed by atoms with E-state index >= 15 is 0 Å². The first-order chi connectivity index (χ1) is 8.97. The molecule has 98 valence electrons. The number of hydrogen-bond acceptors (Lipinski definition) is 1. The number of anilines is 1. The van der Waals surface area contributed by atoms with Crippen LogP contribution in [0.2, 0.25) is 10.0 Å². The highest BCUT2D eigenvalue weighted by Crippen LogP contribution is 2.25. The van der Waals surface area contributed by atoms with Gasteiger partial charge in [-0.1, -0.05) is 35.3 Å². The molecule has 2 rings (SSSR count). The lowest BCUT2D eigenvalue weighted by Crippen LogP contribution is -2.12. The molecule has 0 fully saturated rings. The highest BCUT2D eigenvalue weighted by atomic mass is 79.9. The number of rotatable bonds is 2. The first kappa shape index (κ1) is 14.4. The molecule has 19 heavy (non-hydrogen) atoms. The highest BCUT2D eigenvalue weighted by molar-refractivity contribution is 9.10. The maximum absolute atomic E-state index is 12.2. The number of hydrogen-bond donors (Lipinski definition) is 1. The zero-order chi connectivity index (χ0) is 14.0. The molecule has 5 heteroatoms. The van der Waals surface area contributed by atoms with Crippen molar-refractivity contribution in [3.8, 4) is 0 Å². The predicted molar refractivity (Wildman–Crippen MR) is 83.3 cm³/mol. The fraction of sp³-hybridized carbons (Fsp3) is 0.0714. The number of carbonyl (C=O) groups is 1. The van der Waals surface area contributed by atoms with Gasteiger partial charge in [0.2, 0.25) is 0 Å². The Bertz CT molecular complexity index is 623. The molecule has 0 heterocycles. The van der Waals surface area contributed by atoms with Crippen LogP contribution in [0.4, 0.5) is 5.69 Å². The molecule has 1 N–H and O–H groups in total. The zero-order valence-electron chi connectivity index (χ0n) is 10.0. The van der Waals surface area contributed by atoms with Crippen molar-refractivity contribution in [2.45, 2.75) is 6.92 Å². The smallest absolute Gasteiger partial charge is 0.256 e. The van der Waals surface area contributed by atoms with Crippen LogP contribution in [-0.4, -0.2) is 5.91 Å². The molecule has 0 saturated carbocycles. The summed E-state index contributed by atoms with van der Waals surface area (Å²) >= 11 is 15.2. The van der Waals surface area contributed by atoms with Gasteiger partial charge in [0.1, 0.15) is 0 Å². The van der Waals surface area contributed by atoms with Crippen LogP contribution < -0.4 is 5.32 Å². The largest absolute Gasteiger partial charge is 0.322 e. The van der Waals surface area contributed by atoms with Crippen molar-refractivity contribution in [3.63, 3.8) is 0 Å². The summed E-state index contributed by atoms with van der Waals surface area (Å²) < 4.78 is 0.778. The predicted octanol–water partition coefficient (Wildman–Crippen LogP) is 5.32. The standard InChI is InChI=1S/C14H10BrCl2NO/c1-8-3-2-4-12(13(8)15)14(19)18-11-6-9(16)5-10(17)7-11/h2-7H,1H3,(H,18,19). The minimum Gasteiger partial charge on any atom is -0.322 e.